The SMILES string of the molecule is NC[C@@H]1O[C@H](O[C@H]2[C@@H](O)[C@H](O[C@@H]3[C@@H](O)[C@H](CCC(O)CO)C[C@H](N)[C@H]3O[C@H]3O[C@H](CNCC4(O)CCNCC4)C=C[C@H]3N)O[C@@H]2CO)[C@H](N)[C@@H](O)[C@@H]1O. The molecule has 20 heteroatoms. The molecule has 5 rings (SSSR count). The largest absolute Gasteiger partial charge is 0.394 e. The molecule has 0 aromatic heterocycles. The van der Waals surface area contributed by atoms with Crippen LogP contribution in [0.2, 0.25) is 0 Å². The number of aliphatic hydroxyl groups excluding tert-OH is 7. The van der Waals surface area contributed by atoms with E-state index in [-0.39, 0.29) is 25.8 Å². The molecular weight excluding hydrogens is 704 g/mol. The van der Waals surface area contributed by atoms with Crippen molar-refractivity contribution >= 4 is 0 Å². The Bertz CT molecular complexity index is 1140. The van der Waals surface area contributed by atoms with Gasteiger partial charge in [0.1, 0.15) is 48.8 Å². The van der Waals surface area contributed by atoms with Gasteiger partial charge in [-0.3, -0.25) is 0 Å². The van der Waals surface area contributed by atoms with E-state index in [1.54, 1.807) is 12.2 Å². The van der Waals surface area contributed by atoms with E-state index < -0.39 is 129 Å². The first-order valence-corrected chi connectivity index (χ1v) is 18.6. The Labute approximate surface area is 308 Å². The number of piperidine rings is 1. The quantitative estimate of drug-likeness (QED) is 0.0649. The Morgan fingerprint density at radius 2 is 1.51 bits per heavy atom. The Kier molecular flexibility index (Phi) is 15.8. The van der Waals surface area contributed by atoms with E-state index in [1.807, 2.05) is 0 Å². The van der Waals surface area contributed by atoms with E-state index in [2.05, 4.69) is 10.6 Å². The van der Waals surface area contributed by atoms with Crippen molar-refractivity contribution < 1.29 is 69.3 Å². The van der Waals surface area contributed by atoms with E-state index in [0.717, 1.165) is 13.1 Å². The molecule has 0 radical (unpaired) electrons. The highest BCUT2D eigenvalue weighted by atomic mass is 16.8. The lowest BCUT2D eigenvalue weighted by molar-refractivity contribution is -0.286. The molecule has 18 N–H and O–H groups in total. The van der Waals surface area contributed by atoms with Crippen LogP contribution in [0.4, 0.5) is 0 Å². The van der Waals surface area contributed by atoms with Gasteiger partial charge in [-0.25, -0.2) is 0 Å². The predicted molar refractivity (Wildman–Crippen MR) is 184 cm³/mol. The summed E-state index contributed by atoms with van der Waals surface area (Å²) in [5, 5.41) is 90.7. The van der Waals surface area contributed by atoms with E-state index in [4.69, 9.17) is 51.4 Å². The molecule has 4 aliphatic heterocycles. The van der Waals surface area contributed by atoms with Gasteiger partial charge in [0.05, 0.1) is 49.2 Å². The van der Waals surface area contributed by atoms with Gasteiger partial charge >= 0.3 is 0 Å². The van der Waals surface area contributed by atoms with Crippen molar-refractivity contribution in [2.24, 2.45) is 28.9 Å². The Morgan fingerprint density at radius 1 is 0.830 bits per heavy atom. The van der Waals surface area contributed by atoms with Crippen molar-refractivity contribution in [3.8, 4) is 0 Å². The lowest BCUT2D eigenvalue weighted by Crippen LogP contribution is -2.64. The molecule has 53 heavy (non-hydrogen) atoms. The Morgan fingerprint density at radius 3 is 2.19 bits per heavy atom. The fourth-order valence-electron chi connectivity index (χ4n) is 7.73. The maximum atomic E-state index is 11.7. The van der Waals surface area contributed by atoms with Crippen LogP contribution in [0.25, 0.3) is 0 Å². The molecule has 20 nitrogen and oxygen atoms in total. The summed E-state index contributed by atoms with van der Waals surface area (Å²) in [7, 11) is 0. The van der Waals surface area contributed by atoms with Crippen LogP contribution >= 0.6 is 0 Å². The van der Waals surface area contributed by atoms with Crippen molar-refractivity contribution in [3.63, 3.8) is 0 Å². The number of nitrogens with two attached hydrogens (primary N) is 4. The lowest BCUT2D eigenvalue weighted by atomic mass is 9.77. The minimum absolute atomic E-state index is 0.163. The second-order valence-electron chi connectivity index (χ2n) is 15.0. The number of hydrogen-bond donors (Lipinski definition) is 14. The average Bonchev–Trinajstić information content (AvgIpc) is 3.44. The van der Waals surface area contributed by atoms with Crippen molar-refractivity contribution in [2.75, 3.05) is 45.9 Å². The normalized spacial score (nSPS) is 45.3. The molecule has 0 bridgehead atoms. The first-order valence-electron chi connectivity index (χ1n) is 18.6. The summed E-state index contributed by atoms with van der Waals surface area (Å²) in [5.74, 6) is -0.524. The molecule has 0 aromatic carbocycles. The van der Waals surface area contributed by atoms with Gasteiger partial charge < -0.3 is 103 Å². The van der Waals surface area contributed by atoms with Crippen molar-refractivity contribution in [1.29, 1.82) is 0 Å². The molecular formula is C33H62N6O14. The minimum Gasteiger partial charge on any atom is -0.394 e. The fourth-order valence-corrected chi connectivity index (χ4v) is 7.73. The predicted octanol–water partition coefficient (Wildman–Crippen LogP) is -6.89. The van der Waals surface area contributed by atoms with Crippen LogP contribution in [0.1, 0.15) is 32.1 Å². The van der Waals surface area contributed by atoms with Crippen molar-refractivity contribution in [3.05, 3.63) is 12.2 Å². The van der Waals surface area contributed by atoms with E-state index in [1.165, 1.54) is 0 Å². The smallest absolute Gasteiger partial charge is 0.187 e. The number of nitrogens with one attached hydrogen (secondary N) is 2. The highest BCUT2D eigenvalue weighted by Gasteiger charge is 2.54. The summed E-state index contributed by atoms with van der Waals surface area (Å²) in [6, 6.07) is -2.73. The van der Waals surface area contributed by atoms with Crippen LogP contribution < -0.4 is 33.6 Å². The van der Waals surface area contributed by atoms with E-state index in [0.29, 0.717) is 25.9 Å². The topological polar surface area (TPSA) is 345 Å². The molecule has 1 aliphatic carbocycles. The summed E-state index contributed by atoms with van der Waals surface area (Å²) in [6.07, 6.45) is -11.4. The first-order chi connectivity index (χ1) is 25.3. The maximum absolute atomic E-state index is 11.7. The van der Waals surface area contributed by atoms with Gasteiger partial charge in [-0.1, -0.05) is 12.2 Å². The number of ether oxygens (including phenoxy) is 6. The van der Waals surface area contributed by atoms with Gasteiger partial charge in [0, 0.05) is 25.7 Å². The summed E-state index contributed by atoms with van der Waals surface area (Å²) in [6.45, 7) is 0.935. The molecule has 4 heterocycles. The standard InChI is InChI=1S/C33H62N6O14/c34-10-20-24(44)25(45)22(37)31(49-20)52-28-21(13-41)50-32(26(28)46)53-29-23(43)15(1-2-16(42)12-40)9-19(36)27(29)51-30-18(35)4-3-17(48-30)11-39-14-33(47)5-7-38-8-6-33/h3-4,15-32,38-47H,1-2,5-14,34-37H2/t15-,16?,17+,18-,19+,20+,21-,22-,23+,24-,25-,26-,27-,28-,29-,30-,31-,32+/m1/s1. The van der Waals surface area contributed by atoms with E-state index in [9.17, 15) is 40.9 Å². The Balaban J connectivity index is 1.28. The Hall–Kier alpha value is -1.06. The maximum Gasteiger partial charge on any atom is 0.187 e. The lowest BCUT2D eigenvalue weighted by Gasteiger charge is -2.46. The zero-order chi connectivity index (χ0) is 38.4. The zero-order valence-electron chi connectivity index (χ0n) is 29.9. The minimum atomic E-state index is -1.59. The summed E-state index contributed by atoms with van der Waals surface area (Å²) < 4.78 is 36.3. The third-order valence-corrected chi connectivity index (χ3v) is 11.1. The molecule has 0 spiro atoms. The van der Waals surface area contributed by atoms with Crippen molar-refractivity contribution in [2.45, 2.75) is 142 Å². The molecule has 308 valence electrons. The van der Waals surface area contributed by atoms with Gasteiger partial charge in [0.25, 0.3) is 0 Å². The van der Waals surface area contributed by atoms with Crippen LogP contribution in [-0.2, 0) is 28.4 Å². The highest BCUT2D eigenvalue weighted by Crippen LogP contribution is 2.37. The molecule has 3 saturated heterocycles. The van der Waals surface area contributed by atoms with Gasteiger partial charge in [0.2, 0.25) is 0 Å². The molecule has 5 aliphatic rings. The van der Waals surface area contributed by atoms with Crippen LogP contribution in [-0.4, -0.2) is 197 Å². The second-order valence-corrected chi connectivity index (χ2v) is 15.0. The molecule has 18 atom stereocenters. The number of hydrogen-bond acceptors (Lipinski definition) is 20. The third-order valence-electron chi connectivity index (χ3n) is 11.1. The highest BCUT2D eigenvalue weighted by molar-refractivity contribution is 5.05. The van der Waals surface area contributed by atoms with Crippen LogP contribution in [0, 0.1) is 5.92 Å². The number of aliphatic hydroxyl groups is 8. The van der Waals surface area contributed by atoms with Gasteiger partial charge in [0.15, 0.2) is 18.9 Å². The monoisotopic (exact) mass is 766 g/mol. The summed E-state index contributed by atoms with van der Waals surface area (Å²) in [4.78, 5) is 0. The average molecular weight is 767 g/mol. The third kappa shape index (κ3) is 10.5. The van der Waals surface area contributed by atoms with Gasteiger partial charge in [-0.15, -0.1) is 0 Å². The summed E-state index contributed by atoms with van der Waals surface area (Å²) >= 11 is 0. The molecule has 1 saturated carbocycles. The molecule has 1 unspecified atom stereocenters. The van der Waals surface area contributed by atoms with Crippen LogP contribution in [0.3, 0.4) is 0 Å². The zero-order valence-corrected chi connectivity index (χ0v) is 29.9. The van der Waals surface area contributed by atoms with Gasteiger partial charge in [-0.2, -0.15) is 0 Å². The van der Waals surface area contributed by atoms with Crippen LogP contribution in [0.15, 0.2) is 12.2 Å². The second kappa shape index (κ2) is 19.4. The summed E-state index contributed by atoms with van der Waals surface area (Å²) in [5.41, 5.74) is 24.0. The fraction of sp³-hybridized carbons (Fsp3) is 0.939. The van der Waals surface area contributed by atoms with Gasteiger partial charge in [-0.05, 0) is 51.1 Å². The molecule has 4 fully saturated rings. The van der Waals surface area contributed by atoms with Crippen LogP contribution in [0.5, 0.6) is 0 Å². The molecule has 0 amide bonds. The first kappa shape index (κ1) is 43.1. The van der Waals surface area contributed by atoms with Crippen molar-refractivity contribution in [1.82, 2.24) is 10.6 Å². The number of rotatable bonds is 16. The molecule has 0 aromatic rings. The van der Waals surface area contributed by atoms with E-state index >= 15 is 0 Å².